The Morgan fingerprint density at radius 1 is 1.60 bits per heavy atom. The molecule has 2 N–H and O–H groups in total. The van der Waals surface area contributed by atoms with Crippen LogP contribution in [0.1, 0.15) is 19.3 Å². The summed E-state index contributed by atoms with van der Waals surface area (Å²) in [5, 5.41) is 11.8. The highest BCUT2D eigenvalue weighted by molar-refractivity contribution is 5.86. The standard InChI is InChI=1S/C11H19NO3/c1-9(10(13)14)7-12-8-11(3-4-11)5-6-15-2/h12H,1,3-8H2,2H3,(H,13,14). The molecule has 0 spiro atoms. The molecule has 1 fully saturated rings. The van der Waals surface area contributed by atoms with Crippen LogP contribution in [0.3, 0.4) is 0 Å². The highest BCUT2D eigenvalue weighted by Gasteiger charge is 2.41. The van der Waals surface area contributed by atoms with Gasteiger partial charge in [0, 0.05) is 32.4 Å². The van der Waals surface area contributed by atoms with Crippen LogP contribution in [0.2, 0.25) is 0 Å². The van der Waals surface area contributed by atoms with E-state index in [1.165, 1.54) is 12.8 Å². The molecule has 0 aromatic rings. The summed E-state index contributed by atoms with van der Waals surface area (Å²) < 4.78 is 5.04. The van der Waals surface area contributed by atoms with Crippen molar-refractivity contribution in [3.05, 3.63) is 12.2 Å². The van der Waals surface area contributed by atoms with E-state index in [0.29, 0.717) is 12.0 Å². The van der Waals surface area contributed by atoms with Gasteiger partial charge in [-0.25, -0.2) is 4.79 Å². The van der Waals surface area contributed by atoms with Crippen molar-refractivity contribution in [1.82, 2.24) is 5.32 Å². The molecule has 0 aromatic heterocycles. The van der Waals surface area contributed by atoms with Crippen LogP contribution in [0.4, 0.5) is 0 Å². The van der Waals surface area contributed by atoms with Crippen molar-refractivity contribution in [2.45, 2.75) is 19.3 Å². The van der Waals surface area contributed by atoms with Gasteiger partial charge in [0.05, 0.1) is 0 Å². The van der Waals surface area contributed by atoms with Crippen LogP contribution >= 0.6 is 0 Å². The van der Waals surface area contributed by atoms with Gasteiger partial charge in [-0.3, -0.25) is 0 Å². The lowest BCUT2D eigenvalue weighted by Gasteiger charge is -2.15. The minimum absolute atomic E-state index is 0.220. The Morgan fingerprint density at radius 2 is 2.27 bits per heavy atom. The Hall–Kier alpha value is -0.870. The third kappa shape index (κ3) is 4.01. The van der Waals surface area contributed by atoms with Crippen LogP contribution in [-0.2, 0) is 9.53 Å². The predicted octanol–water partition coefficient (Wildman–Crippen LogP) is 1.03. The lowest BCUT2D eigenvalue weighted by atomic mass is 10.0. The van der Waals surface area contributed by atoms with Gasteiger partial charge in [0.15, 0.2) is 0 Å². The second-order valence-electron chi connectivity index (χ2n) is 4.26. The molecule has 0 aromatic carbocycles. The molecule has 4 nitrogen and oxygen atoms in total. The molecule has 0 aliphatic heterocycles. The fraction of sp³-hybridized carbons (Fsp3) is 0.727. The molecule has 1 rings (SSSR count). The molecule has 0 saturated heterocycles. The topological polar surface area (TPSA) is 58.6 Å². The normalized spacial score (nSPS) is 17.4. The number of nitrogens with one attached hydrogen (secondary N) is 1. The van der Waals surface area contributed by atoms with E-state index < -0.39 is 5.97 Å². The van der Waals surface area contributed by atoms with Crippen LogP contribution < -0.4 is 5.32 Å². The number of carboxylic acids is 1. The number of carboxylic acid groups (broad SMARTS) is 1. The molecule has 1 aliphatic rings. The zero-order valence-electron chi connectivity index (χ0n) is 9.21. The summed E-state index contributed by atoms with van der Waals surface area (Å²) in [7, 11) is 1.70. The van der Waals surface area contributed by atoms with Crippen molar-refractivity contribution < 1.29 is 14.6 Å². The minimum atomic E-state index is -0.927. The second kappa shape index (κ2) is 5.28. The van der Waals surface area contributed by atoms with E-state index in [1.807, 2.05) is 0 Å². The van der Waals surface area contributed by atoms with Gasteiger partial charge >= 0.3 is 5.97 Å². The maximum absolute atomic E-state index is 10.5. The summed E-state index contributed by atoms with van der Waals surface area (Å²) in [6.45, 7) is 5.48. The Labute approximate surface area is 90.3 Å². The summed E-state index contributed by atoms with van der Waals surface area (Å²) in [4.78, 5) is 10.5. The van der Waals surface area contributed by atoms with Crippen LogP contribution in [0.15, 0.2) is 12.2 Å². The van der Waals surface area contributed by atoms with Crippen LogP contribution in [0.5, 0.6) is 0 Å². The van der Waals surface area contributed by atoms with Crippen LogP contribution in [0.25, 0.3) is 0 Å². The van der Waals surface area contributed by atoms with Crippen LogP contribution in [-0.4, -0.2) is 37.9 Å². The molecule has 15 heavy (non-hydrogen) atoms. The number of hydrogen-bond donors (Lipinski definition) is 2. The van der Waals surface area contributed by atoms with E-state index in [0.717, 1.165) is 19.6 Å². The smallest absolute Gasteiger partial charge is 0.332 e. The SMILES string of the molecule is C=C(CNCC1(CCOC)CC1)C(=O)O. The summed E-state index contributed by atoms with van der Waals surface area (Å²) >= 11 is 0. The van der Waals surface area contributed by atoms with E-state index in [9.17, 15) is 4.79 Å². The zero-order valence-corrected chi connectivity index (χ0v) is 9.21. The first-order valence-electron chi connectivity index (χ1n) is 5.20. The van der Waals surface area contributed by atoms with E-state index in [4.69, 9.17) is 9.84 Å². The lowest BCUT2D eigenvalue weighted by molar-refractivity contribution is -0.132. The number of ether oxygens (including phenoxy) is 1. The fourth-order valence-corrected chi connectivity index (χ4v) is 1.56. The molecule has 1 aliphatic carbocycles. The third-order valence-corrected chi connectivity index (χ3v) is 2.93. The van der Waals surface area contributed by atoms with Crippen molar-refractivity contribution in [3.8, 4) is 0 Å². The van der Waals surface area contributed by atoms with E-state index >= 15 is 0 Å². The summed E-state index contributed by atoms with van der Waals surface area (Å²) in [6, 6.07) is 0. The average molecular weight is 213 g/mol. The number of carbonyl (C=O) groups is 1. The molecular weight excluding hydrogens is 194 g/mol. The number of aliphatic carboxylic acids is 1. The van der Waals surface area contributed by atoms with Gasteiger partial charge in [-0.05, 0) is 24.7 Å². The minimum Gasteiger partial charge on any atom is -0.478 e. The van der Waals surface area contributed by atoms with Crippen molar-refractivity contribution in [3.63, 3.8) is 0 Å². The first-order chi connectivity index (χ1) is 7.09. The Morgan fingerprint density at radius 3 is 2.73 bits per heavy atom. The Kier molecular flexibility index (Phi) is 4.29. The summed E-state index contributed by atoms with van der Waals surface area (Å²) in [5.41, 5.74) is 0.576. The lowest BCUT2D eigenvalue weighted by Crippen LogP contribution is -2.28. The van der Waals surface area contributed by atoms with Crippen molar-refractivity contribution in [2.24, 2.45) is 5.41 Å². The van der Waals surface area contributed by atoms with Gasteiger partial charge in [-0.1, -0.05) is 6.58 Å². The first kappa shape index (κ1) is 12.2. The Bertz CT molecular complexity index is 246. The quantitative estimate of drug-likeness (QED) is 0.591. The first-order valence-corrected chi connectivity index (χ1v) is 5.20. The summed E-state index contributed by atoms with van der Waals surface area (Å²) in [6.07, 6.45) is 3.47. The molecule has 0 atom stereocenters. The largest absolute Gasteiger partial charge is 0.478 e. The number of hydrogen-bond acceptors (Lipinski definition) is 3. The fourth-order valence-electron chi connectivity index (χ4n) is 1.56. The van der Waals surface area contributed by atoms with Crippen LogP contribution in [0, 0.1) is 5.41 Å². The molecular formula is C11H19NO3. The number of methoxy groups -OCH3 is 1. The molecule has 1 saturated carbocycles. The number of rotatable bonds is 8. The third-order valence-electron chi connectivity index (χ3n) is 2.93. The molecule has 4 heteroatoms. The predicted molar refractivity (Wildman–Crippen MR) is 57.8 cm³/mol. The monoisotopic (exact) mass is 213 g/mol. The van der Waals surface area contributed by atoms with Gasteiger partial charge < -0.3 is 15.2 Å². The molecule has 0 unspecified atom stereocenters. The van der Waals surface area contributed by atoms with Crippen molar-refractivity contribution in [1.29, 1.82) is 0 Å². The maximum atomic E-state index is 10.5. The molecule has 0 bridgehead atoms. The van der Waals surface area contributed by atoms with E-state index in [2.05, 4.69) is 11.9 Å². The second-order valence-corrected chi connectivity index (χ2v) is 4.26. The van der Waals surface area contributed by atoms with Crippen molar-refractivity contribution in [2.75, 3.05) is 26.8 Å². The zero-order chi connectivity index (χ0) is 11.3. The average Bonchev–Trinajstić information content (AvgIpc) is 2.95. The van der Waals surface area contributed by atoms with E-state index in [-0.39, 0.29) is 5.57 Å². The maximum Gasteiger partial charge on any atom is 0.332 e. The van der Waals surface area contributed by atoms with Crippen molar-refractivity contribution >= 4 is 5.97 Å². The van der Waals surface area contributed by atoms with Gasteiger partial charge in [0.1, 0.15) is 0 Å². The highest BCUT2D eigenvalue weighted by Crippen LogP contribution is 2.48. The van der Waals surface area contributed by atoms with Gasteiger partial charge in [-0.2, -0.15) is 0 Å². The summed E-state index contributed by atoms with van der Waals surface area (Å²) in [5.74, 6) is -0.927. The Balaban J connectivity index is 2.14. The molecule has 86 valence electrons. The molecule has 0 radical (unpaired) electrons. The highest BCUT2D eigenvalue weighted by atomic mass is 16.5. The van der Waals surface area contributed by atoms with E-state index in [1.54, 1.807) is 7.11 Å². The van der Waals surface area contributed by atoms with Gasteiger partial charge in [-0.15, -0.1) is 0 Å². The van der Waals surface area contributed by atoms with Gasteiger partial charge in [0.2, 0.25) is 0 Å². The van der Waals surface area contributed by atoms with Gasteiger partial charge in [0.25, 0.3) is 0 Å². The molecule has 0 heterocycles. The molecule has 0 amide bonds.